The fraction of sp³-hybridized carbons (Fsp3) is 0.600. The van der Waals surface area contributed by atoms with Crippen LogP contribution in [0.1, 0.15) is 51.7 Å². The Hall–Kier alpha value is -2.42. The molecule has 3 rings (SSSR count). The zero-order chi connectivity index (χ0) is 23.6. The van der Waals surface area contributed by atoms with E-state index in [1.54, 1.807) is 5.48 Å². The number of amides is 2. The molecule has 0 unspecified atom stereocenters. The van der Waals surface area contributed by atoms with Crippen LogP contribution < -0.4 is 10.8 Å². The van der Waals surface area contributed by atoms with Gasteiger partial charge < -0.3 is 19.2 Å². The van der Waals surface area contributed by atoms with Gasteiger partial charge in [0.15, 0.2) is 0 Å². The molecule has 2 aromatic rings. The van der Waals surface area contributed by atoms with Gasteiger partial charge in [-0.15, -0.1) is 0 Å². The molecule has 1 saturated carbocycles. The van der Waals surface area contributed by atoms with Crippen LogP contribution in [0.5, 0.6) is 0 Å². The molecule has 0 radical (unpaired) electrons. The molecule has 182 valence electrons. The highest BCUT2D eigenvalue weighted by Gasteiger charge is 2.29. The third-order valence-corrected chi connectivity index (χ3v) is 6.40. The summed E-state index contributed by atoms with van der Waals surface area (Å²) in [4.78, 5) is 25.4. The standard InChI is InChI=1S/C25H36N2O6/c1-3-31-16-32-15-21(26-24(28)18-10-8-17(2)9-11-18)12-20(25(29)27-30)14-22-13-19-6-4-5-7-23(19)33-22/h4-7,13,17-18,20-21,30H,3,8-12,14-16H2,1-2H3,(H,26,28)(H,27,29)/t17-,18-,20-,21+/m1/s1. The van der Waals surface area contributed by atoms with Crippen LogP contribution in [0.2, 0.25) is 0 Å². The number of benzene rings is 1. The van der Waals surface area contributed by atoms with E-state index >= 15 is 0 Å². The lowest BCUT2D eigenvalue weighted by atomic mass is 9.82. The Morgan fingerprint density at radius 3 is 2.64 bits per heavy atom. The SMILES string of the molecule is CCOCOC[C@H](C[C@H](Cc1cc2ccccc2o1)C(=O)NO)NC(=O)[C@H]1CC[C@H](C)CC1. The number of para-hydroxylation sites is 1. The Morgan fingerprint density at radius 2 is 1.94 bits per heavy atom. The summed E-state index contributed by atoms with van der Waals surface area (Å²) in [7, 11) is 0. The van der Waals surface area contributed by atoms with E-state index in [2.05, 4.69) is 12.2 Å². The van der Waals surface area contributed by atoms with E-state index in [0.29, 0.717) is 31.1 Å². The van der Waals surface area contributed by atoms with Gasteiger partial charge in [0, 0.05) is 30.2 Å². The fourth-order valence-electron chi connectivity index (χ4n) is 4.44. The maximum Gasteiger partial charge on any atom is 0.246 e. The van der Waals surface area contributed by atoms with Crippen molar-refractivity contribution in [3.05, 3.63) is 36.1 Å². The molecule has 2 atom stereocenters. The molecular weight excluding hydrogens is 424 g/mol. The number of nitrogens with one attached hydrogen (secondary N) is 2. The minimum atomic E-state index is -0.608. The molecule has 0 aliphatic heterocycles. The zero-order valence-electron chi connectivity index (χ0n) is 19.5. The molecule has 1 aromatic heterocycles. The molecule has 2 amide bonds. The van der Waals surface area contributed by atoms with Gasteiger partial charge >= 0.3 is 0 Å². The first kappa shape index (κ1) is 25.2. The summed E-state index contributed by atoms with van der Waals surface area (Å²) in [6, 6.07) is 9.13. The predicted molar refractivity (Wildman–Crippen MR) is 123 cm³/mol. The number of hydroxylamine groups is 1. The van der Waals surface area contributed by atoms with Gasteiger partial charge in [-0.1, -0.05) is 25.1 Å². The average Bonchev–Trinajstić information content (AvgIpc) is 3.23. The van der Waals surface area contributed by atoms with Gasteiger partial charge in [0.2, 0.25) is 11.8 Å². The van der Waals surface area contributed by atoms with Crippen LogP contribution in [0.4, 0.5) is 0 Å². The van der Waals surface area contributed by atoms with Gasteiger partial charge in [0.25, 0.3) is 0 Å². The monoisotopic (exact) mass is 460 g/mol. The Labute approximate surface area is 195 Å². The van der Waals surface area contributed by atoms with Crippen molar-refractivity contribution in [2.24, 2.45) is 17.8 Å². The molecule has 1 fully saturated rings. The van der Waals surface area contributed by atoms with E-state index in [4.69, 9.17) is 13.9 Å². The van der Waals surface area contributed by atoms with E-state index in [-0.39, 0.29) is 25.2 Å². The number of furan rings is 1. The molecule has 1 aromatic carbocycles. The highest BCUT2D eigenvalue weighted by atomic mass is 16.7. The highest BCUT2D eigenvalue weighted by Crippen LogP contribution is 2.29. The maximum absolute atomic E-state index is 12.9. The molecule has 0 spiro atoms. The molecule has 0 bridgehead atoms. The van der Waals surface area contributed by atoms with Crippen LogP contribution in [0.25, 0.3) is 11.0 Å². The predicted octanol–water partition coefficient (Wildman–Crippen LogP) is 3.81. The molecule has 1 heterocycles. The Bertz CT molecular complexity index is 857. The van der Waals surface area contributed by atoms with Gasteiger partial charge in [0.05, 0.1) is 12.6 Å². The Kier molecular flexibility index (Phi) is 9.72. The van der Waals surface area contributed by atoms with E-state index < -0.39 is 17.9 Å². The van der Waals surface area contributed by atoms with Crippen molar-refractivity contribution >= 4 is 22.8 Å². The lowest BCUT2D eigenvalue weighted by molar-refractivity contribution is -0.135. The molecule has 8 heteroatoms. The van der Waals surface area contributed by atoms with Crippen molar-refractivity contribution in [2.75, 3.05) is 20.0 Å². The van der Waals surface area contributed by atoms with Crippen LogP contribution in [-0.2, 0) is 25.5 Å². The largest absolute Gasteiger partial charge is 0.461 e. The van der Waals surface area contributed by atoms with Crippen LogP contribution in [0.15, 0.2) is 34.7 Å². The van der Waals surface area contributed by atoms with E-state index in [1.807, 2.05) is 37.3 Å². The first-order chi connectivity index (χ1) is 16.0. The summed E-state index contributed by atoms with van der Waals surface area (Å²) in [6.07, 6.45) is 4.43. The van der Waals surface area contributed by atoms with Crippen LogP contribution in [0.3, 0.4) is 0 Å². The topological polar surface area (TPSA) is 110 Å². The molecule has 1 aliphatic carbocycles. The molecule has 33 heavy (non-hydrogen) atoms. The third kappa shape index (κ3) is 7.55. The van der Waals surface area contributed by atoms with E-state index in [9.17, 15) is 14.8 Å². The number of ether oxygens (including phenoxy) is 2. The van der Waals surface area contributed by atoms with Gasteiger partial charge in [-0.3, -0.25) is 14.8 Å². The van der Waals surface area contributed by atoms with Crippen molar-refractivity contribution in [1.29, 1.82) is 0 Å². The summed E-state index contributed by atoms with van der Waals surface area (Å²) in [5.74, 6) is 0.149. The van der Waals surface area contributed by atoms with Crippen molar-refractivity contribution in [3.8, 4) is 0 Å². The second kappa shape index (κ2) is 12.7. The summed E-state index contributed by atoms with van der Waals surface area (Å²) in [5, 5.41) is 13.4. The normalized spacial score (nSPS) is 20.3. The van der Waals surface area contributed by atoms with Crippen molar-refractivity contribution in [2.45, 2.75) is 58.4 Å². The molecule has 8 nitrogen and oxygen atoms in total. The van der Waals surface area contributed by atoms with Crippen molar-refractivity contribution in [3.63, 3.8) is 0 Å². The number of fused-ring (bicyclic) bond motifs is 1. The van der Waals surface area contributed by atoms with Gasteiger partial charge in [-0.25, -0.2) is 5.48 Å². The number of hydrogen-bond acceptors (Lipinski definition) is 6. The van der Waals surface area contributed by atoms with Crippen LogP contribution in [-0.4, -0.2) is 43.1 Å². The molecular formula is C25H36N2O6. The molecule has 0 saturated heterocycles. The smallest absolute Gasteiger partial charge is 0.246 e. The fourth-order valence-corrected chi connectivity index (χ4v) is 4.44. The number of carbonyl (C=O) groups is 2. The van der Waals surface area contributed by atoms with Gasteiger partial charge in [-0.05, 0) is 57.1 Å². The average molecular weight is 461 g/mol. The lowest BCUT2D eigenvalue weighted by Gasteiger charge is -2.28. The minimum Gasteiger partial charge on any atom is -0.461 e. The third-order valence-electron chi connectivity index (χ3n) is 6.40. The summed E-state index contributed by atoms with van der Waals surface area (Å²) >= 11 is 0. The van der Waals surface area contributed by atoms with Gasteiger partial charge in [0.1, 0.15) is 18.1 Å². The number of carbonyl (C=O) groups excluding carboxylic acids is 2. The minimum absolute atomic E-state index is 0.00111. The maximum atomic E-state index is 12.9. The first-order valence-electron chi connectivity index (χ1n) is 11.9. The van der Waals surface area contributed by atoms with Crippen LogP contribution in [0, 0.1) is 17.8 Å². The Morgan fingerprint density at radius 1 is 1.18 bits per heavy atom. The van der Waals surface area contributed by atoms with Crippen molar-refractivity contribution < 1.29 is 28.7 Å². The molecule has 3 N–H and O–H groups in total. The molecule has 1 aliphatic rings. The van der Waals surface area contributed by atoms with Gasteiger partial charge in [-0.2, -0.15) is 0 Å². The summed E-state index contributed by atoms with van der Waals surface area (Å²) in [5.41, 5.74) is 2.51. The Balaban J connectivity index is 1.68. The highest BCUT2D eigenvalue weighted by molar-refractivity contribution is 5.80. The lowest BCUT2D eigenvalue weighted by Crippen LogP contribution is -2.45. The summed E-state index contributed by atoms with van der Waals surface area (Å²) < 4.78 is 16.7. The number of rotatable bonds is 12. The van der Waals surface area contributed by atoms with E-state index in [1.165, 1.54) is 0 Å². The quantitative estimate of drug-likeness (QED) is 0.192. The zero-order valence-corrected chi connectivity index (χ0v) is 19.5. The first-order valence-corrected chi connectivity index (χ1v) is 11.9. The number of hydrogen-bond donors (Lipinski definition) is 3. The second-order valence-electron chi connectivity index (χ2n) is 9.01. The van der Waals surface area contributed by atoms with E-state index in [0.717, 1.165) is 36.7 Å². The van der Waals surface area contributed by atoms with Crippen LogP contribution >= 0.6 is 0 Å². The second-order valence-corrected chi connectivity index (χ2v) is 9.01. The summed E-state index contributed by atoms with van der Waals surface area (Å²) in [6.45, 7) is 4.95. The van der Waals surface area contributed by atoms with Crippen molar-refractivity contribution in [1.82, 2.24) is 10.8 Å².